The number of amides is 1. The molecule has 0 bridgehead atoms. The van der Waals surface area contributed by atoms with Gasteiger partial charge in [0.15, 0.2) is 6.10 Å². The average Bonchev–Trinajstić information content (AvgIpc) is 2.97. The van der Waals surface area contributed by atoms with Crippen molar-refractivity contribution in [3.05, 3.63) is 95.8 Å². The van der Waals surface area contributed by atoms with Crippen molar-refractivity contribution in [3.8, 4) is 5.75 Å². The van der Waals surface area contributed by atoms with E-state index in [1.807, 2.05) is 60.7 Å². The maximum Gasteiger partial charge on any atom is 0.407 e. The first kappa shape index (κ1) is 27.6. The van der Waals surface area contributed by atoms with Crippen LogP contribution >= 0.6 is 0 Å². The quantitative estimate of drug-likeness (QED) is 0.154. The molecule has 1 aliphatic heterocycles. The van der Waals surface area contributed by atoms with Crippen molar-refractivity contribution in [2.75, 3.05) is 19.7 Å². The summed E-state index contributed by atoms with van der Waals surface area (Å²) in [5.41, 5.74) is 8.19. The van der Waals surface area contributed by atoms with Gasteiger partial charge in [0, 0.05) is 13.1 Å². The fraction of sp³-hybridized carbons (Fsp3) is 0.286. The third kappa shape index (κ3) is 7.53. The molecule has 1 unspecified atom stereocenters. The van der Waals surface area contributed by atoms with Crippen LogP contribution in [0.2, 0.25) is 0 Å². The number of aliphatic imine (C=N–C) groups is 1. The molecular formula is C28H31N5O6. The Hall–Kier alpha value is -4.48. The number of carbonyl (C=O) groups excluding carboxylic acids is 1. The number of carbonyl (C=O) groups is 2. The lowest BCUT2D eigenvalue weighted by Gasteiger charge is -2.28. The van der Waals surface area contributed by atoms with Crippen LogP contribution in [0.3, 0.4) is 0 Å². The summed E-state index contributed by atoms with van der Waals surface area (Å²) < 4.78 is 11.5. The summed E-state index contributed by atoms with van der Waals surface area (Å²) in [6, 6.07) is 22.0. The Labute approximate surface area is 226 Å². The van der Waals surface area contributed by atoms with Gasteiger partial charge in [0.1, 0.15) is 23.9 Å². The molecule has 0 aliphatic carbocycles. The number of ether oxygens (including phenoxy) is 2. The fourth-order valence-electron chi connectivity index (χ4n) is 4.18. The standard InChI is InChI=1S/C28H31N5O6/c29-26(32-21-13-15-33(16-14-21)28(35)36)23-12-11-22(17-31-23)37-18-24(39-30)27(34)38-25(19-7-3-1-4-8-19)20-9-5-2-6-10-20/h1-12,17,21,24-25H,13-16,18,30H2,(H2,29,32)(H,35,36). The molecule has 0 radical (unpaired) electrons. The Morgan fingerprint density at radius 1 is 1.00 bits per heavy atom. The van der Waals surface area contributed by atoms with E-state index in [0.29, 0.717) is 37.4 Å². The van der Waals surface area contributed by atoms with E-state index in [0.717, 1.165) is 11.1 Å². The van der Waals surface area contributed by atoms with Gasteiger partial charge < -0.3 is 25.2 Å². The average molecular weight is 534 g/mol. The van der Waals surface area contributed by atoms with Gasteiger partial charge in [0.25, 0.3) is 0 Å². The molecule has 1 saturated heterocycles. The van der Waals surface area contributed by atoms with Crippen LogP contribution in [-0.4, -0.2) is 64.7 Å². The molecule has 0 saturated carbocycles. The van der Waals surface area contributed by atoms with Gasteiger partial charge in [-0.15, -0.1) is 0 Å². The second-order valence-corrected chi connectivity index (χ2v) is 8.97. The predicted molar refractivity (Wildman–Crippen MR) is 143 cm³/mol. The Balaban J connectivity index is 1.34. The summed E-state index contributed by atoms with van der Waals surface area (Å²) in [5.74, 6) is 5.36. The van der Waals surface area contributed by atoms with Crippen molar-refractivity contribution in [1.29, 1.82) is 0 Å². The molecule has 3 aromatic rings. The molecule has 1 aliphatic rings. The molecule has 4 rings (SSSR count). The second-order valence-electron chi connectivity index (χ2n) is 8.97. The first-order valence-corrected chi connectivity index (χ1v) is 12.5. The molecule has 1 amide bonds. The molecule has 11 heteroatoms. The molecule has 39 heavy (non-hydrogen) atoms. The largest absolute Gasteiger partial charge is 0.489 e. The lowest BCUT2D eigenvalue weighted by Crippen LogP contribution is -2.39. The third-order valence-corrected chi connectivity index (χ3v) is 6.32. The number of benzene rings is 2. The number of piperidine rings is 1. The summed E-state index contributed by atoms with van der Waals surface area (Å²) in [4.78, 5) is 39.0. The first-order chi connectivity index (χ1) is 18.9. The van der Waals surface area contributed by atoms with Gasteiger partial charge in [0.05, 0.1) is 12.2 Å². The Morgan fingerprint density at radius 3 is 2.13 bits per heavy atom. The number of esters is 1. The van der Waals surface area contributed by atoms with Gasteiger partial charge >= 0.3 is 12.1 Å². The van der Waals surface area contributed by atoms with Gasteiger partial charge in [-0.2, -0.15) is 0 Å². The SMILES string of the molecule is NOC(COc1ccc(C(N)=NC2CCN(C(=O)O)CC2)nc1)C(=O)OC(c1ccccc1)c1ccccc1. The molecule has 0 spiro atoms. The Kier molecular flexibility index (Phi) is 9.44. The minimum Gasteiger partial charge on any atom is -0.489 e. The number of nitrogens with two attached hydrogens (primary N) is 2. The van der Waals surface area contributed by atoms with Crippen LogP contribution in [0.4, 0.5) is 4.79 Å². The molecule has 1 atom stereocenters. The molecule has 204 valence electrons. The van der Waals surface area contributed by atoms with Crippen LogP contribution in [0.5, 0.6) is 5.75 Å². The van der Waals surface area contributed by atoms with E-state index in [1.54, 1.807) is 12.1 Å². The van der Waals surface area contributed by atoms with E-state index in [4.69, 9.17) is 31.0 Å². The monoisotopic (exact) mass is 533 g/mol. The van der Waals surface area contributed by atoms with Gasteiger partial charge in [-0.05, 0) is 36.1 Å². The van der Waals surface area contributed by atoms with E-state index < -0.39 is 24.3 Å². The van der Waals surface area contributed by atoms with E-state index in [9.17, 15) is 9.59 Å². The van der Waals surface area contributed by atoms with Crippen LogP contribution in [0.25, 0.3) is 0 Å². The van der Waals surface area contributed by atoms with Crippen LogP contribution < -0.4 is 16.4 Å². The summed E-state index contributed by atoms with van der Waals surface area (Å²) in [6.07, 6.45) is -0.0915. The molecule has 1 aromatic heterocycles. The maximum absolute atomic E-state index is 13.0. The molecular weight excluding hydrogens is 502 g/mol. The highest BCUT2D eigenvalue weighted by molar-refractivity contribution is 5.95. The number of pyridine rings is 1. The summed E-state index contributed by atoms with van der Waals surface area (Å²) >= 11 is 0. The minimum absolute atomic E-state index is 0.0672. The highest BCUT2D eigenvalue weighted by Gasteiger charge is 2.27. The van der Waals surface area contributed by atoms with Crippen molar-refractivity contribution >= 4 is 17.9 Å². The first-order valence-electron chi connectivity index (χ1n) is 12.5. The van der Waals surface area contributed by atoms with Crippen LogP contribution in [0, 0.1) is 0 Å². The van der Waals surface area contributed by atoms with Crippen molar-refractivity contribution < 1.29 is 29.0 Å². The van der Waals surface area contributed by atoms with E-state index in [1.165, 1.54) is 11.1 Å². The van der Waals surface area contributed by atoms with Crippen molar-refractivity contribution in [2.45, 2.75) is 31.1 Å². The zero-order valence-electron chi connectivity index (χ0n) is 21.3. The number of carboxylic acid groups (broad SMARTS) is 1. The lowest BCUT2D eigenvalue weighted by molar-refractivity contribution is -0.163. The van der Waals surface area contributed by atoms with E-state index >= 15 is 0 Å². The molecule has 5 N–H and O–H groups in total. The van der Waals surface area contributed by atoms with Crippen LogP contribution in [0.15, 0.2) is 84.0 Å². The Bertz CT molecular complexity index is 1210. The summed E-state index contributed by atoms with van der Waals surface area (Å²) in [5, 5.41) is 9.07. The van der Waals surface area contributed by atoms with E-state index in [2.05, 4.69) is 9.98 Å². The number of likely N-dealkylation sites (tertiary alicyclic amines) is 1. The fourth-order valence-corrected chi connectivity index (χ4v) is 4.18. The second kappa shape index (κ2) is 13.4. The highest BCUT2D eigenvalue weighted by Crippen LogP contribution is 2.26. The maximum atomic E-state index is 13.0. The highest BCUT2D eigenvalue weighted by atomic mass is 16.7. The topological polar surface area (TPSA) is 163 Å². The normalized spacial score (nSPS) is 15.1. The predicted octanol–water partition coefficient (Wildman–Crippen LogP) is 2.90. The van der Waals surface area contributed by atoms with Crippen molar-refractivity contribution in [2.24, 2.45) is 16.6 Å². The van der Waals surface area contributed by atoms with Crippen molar-refractivity contribution in [3.63, 3.8) is 0 Å². The van der Waals surface area contributed by atoms with Gasteiger partial charge in [0.2, 0.25) is 6.10 Å². The minimum atomic E-state index is -1.18. The van der Waals surface area contributed by atoms with Gasteiger partial charge in [-0.1, -0.05) is 60.7 Å². The smallest absolute Gasteiger partial charge is 0.407 e. The number of amidine groups is 1. The van der Waals surface area contributed by atoms with Crippen LogP contribution in [-0.2, 0) is 14.4 Å². The van der Waals surface area contributed by atoms with Gasteiger partial charge in [-0.3, -0.25) is 9.83 Å². The summed E-state index contributed by atoms with van der Waals surface area (Å²) in [6.45, 7) is 0.640. The Morgan fingerprint density at radius 2 is 1.62 bits per heavy atom. The third-order valence-electron chi connectivity index (χ3n) is 6.32. The van der Waals surface area contributed by atoms with Crippen molar-refractivity contribution in [1.82, 2.24) is 9.88 Å². The number of nitrogens with zero attached hydrogens (tertiary/aromatic N) is 3. The van der Waals surface area contributed by atoms with E-state index in [-0.39, 0.29) is 18.5 Å². The number of aromatic nitrogens is 1. The van der Waals surface area contributed by atoms with Gasteiger partial charge in [-0.25, -0.2) is 20.5 Å². The lowest BCUT2D eigenvalue weighted by atomic mass is 10.0. The molecule has 11 nitrogen and oxygen atoms in total. The zero-order chi connectivity index (χ0) is 27.6. The zero-order valence-corrected chi connectivity index (χ0v) is 21.3. The molecule has 2 heterocycles. The summed E-state index contributed by atoms with van der Waals surface area (Å²) in [7, 11) is 0. The van der Waals surface area contributed by atoms with Crippen LogP contribution in [0.1, 0.15) is 35.8 Å². The number of rotatable bonds is 10. The molecule has 2 aromatic carbocycles. The molecule has 1 fully saturated rings. The number of hydrogen-bond donors (Lipinski definition) is 3. The number of hydrogen-bond acceptors (Lipinski definition) is 8.